The molecule has 2 nitrogen and oxygen atoms in total. The third-order valence-electron chi connectivity index (χ3n) is 5.33. The minimum Gasteiger partial charge on any atom is -0.403 e. The Kier molecular flexibility index (Phi) is 4.96. The summed E-state index contributed by atoms with van der Waals surface area (Å²) in [6.07, 6.45) is 2.12. The normalized spacial score (nSPS) is 21.9. The fraction of sp³-hybridized carbons (Fsp3) is 0.667. The predicted molar refractivity (Wildman–Crippen MR) is 98.1 cm³/mol. The van der Waals surface area contributed by atoms with Gasteiger partial charge in [-0.2, -0.15) is 0 Å². The number of benzene rings is 1. The highest BCUT2D eigenvalue weighted by molar-refractivity contribution is 6.78. The van der Waals surface area contributed by atoms with Gasteiger partial charge in [-0.25, -0.2) is 0 Å². The Morgan fingerprint density at radius 2 is 1.45 bits per heavy atom. The molecule has 0 radical (unpaired) electrons. The van der Waals surface area contributed by atoms with Crippen LogP contribution in [0.15, 0.2) is 30.3 Å². The summed E-state index contributed by atoms with van der Waals surface area (Å²) in [7, 11) is -1.37. The van der Waals surface area contributed by atoms with Crippen LogP contribution in [0, 0.1) is 0 Å². The monoisotopic (exact) mass is 318 g/mol. The summed E-state index contributed by atoms with van der Waals surface area (Å²) in [6.45, 7) is 15.9. The molecule has 22 heavy (non-hydrogen) atoms. The second-order valence-corrected chi connectivity index (χ2v) is 14.2. The molecule has 0 N–H and O–H groups in total. The second-order valence-electron chi connectivity index (χ2n) is 8.67. The van der Waals surface area contributed by atoms with Gasteiger partial charge in [-0.3, -0.25) is 0 Å². The Hall–Kier alpha value is -0.578. The van der Waals surface area contributed by atoms with Gasteiger partial charge in [0.05, 0.1) is 11.2 Å². The summed E-state index contributed by atoms with van der Waals surface area (Å²) in [5.74, 6) is 0. The lowest BCUT2D eigenvalue weighted by Gasteiger charge is -2.32. The van der Waals surface area contributed by atoms with Crippen LogP contribution in [0.25, 0.3) is 0 Å². The van der Waals surface area contributed by atoms with Crippen molar-refractivity contribution in [2.45, 2.75) is 76.8 Å². The van der Waals surface area contributed by atoms with Gasteiger partial charge in [-0.05, 0) is 51.5 Å². The maximum absolute atomic E-state index is 6.23. The molecule has 1 aromatic carbocycles. The zero-order chi connectivity index (χ0) is 16.6. The maximum atomic E-state index is 6.23. The molecule has 1 atom stereocenters. The van der Waals surface area contributed by atoms with Crippen molar-refractivity contribution in [2.24, 2.45) is 0 Å². The fourth-order valence-electron chi connectivity index (χ4n) is 2.94. The molecule has 1 unspecified atom stereocenters. The lowest BCUT2D eigenvalue weighted by Crippen LogP contribution is -2.41. The summed E-state index contributed by atoms with van der Waals surface area (Å²) in [5.41, 5.74) is 1.62. The van der Waals surface area contributed by atoms with Crippen LogP contribution in [0.4, 0.5) is 0 Å². The highest BCUT2D eigenvalue weighted by Gasteiger charge is 2.52. The molecular formula is C18H31BO2Si. The van der Waals surface area contributed by atoms with Crippen molar-refractivity contribution in [1.82, 2.24) is 0 Å². The fourth-order valence-corrected chi connectivity index (χ4v) is 4.68. The van der Waals surface area contributed by atoms with E-state index >= 15 is 0 Å². The van der Waals surface area contributed by atoms with Crippen molar-refractivity contribution < 1.29 is 9.31 Å². The van der Waals surface area contributed by atoms with Crippen molar-refractivity contribution in [3.8, 4) is 0 Å². The van der Waals surface area contributed by atoms with Crippen LogP contribution >= 0.6 is 0 Å². The second kappa shape index (κ2) is 6.14. The first-order valence-electron chi connectivity index (χ1n) is 8.41. The molecule has 1 saturated heterocycles. The van der Waals surface area contributed by atoms with Gasteiger partial charge in [0.1, 0.15) is 0 Å². The van der Waals surface area contributed by atoms with E-state index < -0.39 is 8.07 Å². The van der Waals surface area contributed by atoms with Gasteiger partial charge in [0.25, 0.3) is 0 Å². The van der Waals surface area contributed by atoms with E-state index in [1.807, 2.05) is 0 Å². The van der Waals surface area contributed by atoms with Crippen LogP contribution in [0.2, 0.25) is 31.5 Å². The SMILES string of the molecule is CC1(C)OB(CC(Cc2ccccc2)[Si](C)(C)C)OC1(C)C. The minimum absolute atomic E-state index is 0.0783. The highest BCUT2D eigenvalue weighted by Crippen LogP contribution is 2.41. The van der Waals surface area contributed by atoms with Crippen molar-refractivity contribution >= 4 is 15.2 Å². The maximum Gasteiger partial charge on any atom is 0.457 e. The summed E-state index contributed by atoms with van der Waals surface area (Å²) < 4.78 is 12.5. The highest BCUT2D eigenvalue weighted by atomic mass is 28.3. The van der Waals surface area contributed by atoms with Gasteiger partial charge < -0.3 is 9.31 Å². The summed E-state index contributed by atoms with van der Waals surface area (Å²) in [5, 5.41) is 0. The number of hydrogen-bond acceptors (Lipinski definition) is 2. The van der Waals surface area contributed by atoms with E-state index in [0.29, 0.717) is 5.54 Å². The Labute approximate surface area is 137 Å². The molecule has 0 aliphatic carbocycles. The van der Waals surface area contributed by atoms with Crippen molar-refractivity contribution in [1.29, 1.82) is 0 Å². The third-order valence-corrected chi connectivity index (χ3v) is 8.22. The van der Waals surface area contributed by atoms with Gasteiger partial charge >= 0.3 is 7.12 Å². The summed E-state index contributed by atoms with van der Waals surface area (Å²) >= 11 is 0. The van der Waals surface area contributed by atoms with Crippen molar-refractivity contribution in [3.63, 3.8) is 0 Å². The minimum atomic E-state index is -1.29. The molecule has 122 valence electrons. The van der Waals surface area contributed by atoms with E-state index in [2.05, 4.69) is 77.7 Å². The van der Waals surface area contributed by atoms with E-state index in [1.54, 1.807) is 0 Å². The van der Waals surface area contributed by atoms with Gasteiger partial charge in [-0.1, -0.05) is 50.0 Å². The van der Waals surface area contributed by atoms with E-state index in [1.165, 1.54) is 5.56 Å². The Bertz CT molecular complexity index is 478. The predicted octanol–water partition coefficient (Wildman–Crippen LogP) is 5.03. The van der Waals surface area contributed by atoms with E-state index in [4.69, 9.17) is 9.31 Å². The van der Waals surface area contributed by atoms with Crippen LogP contribution in [0.1, 0.15) is 33.3 Å². The number of hydrogen-bond donors (Lipinski definition) is 0. The van der Waals surface area contributed by atoms with E-state index in [0.717, 1.165) is 12.7 Å². The third kappa shape index (κ3) is 4.03. The van der Waals surface area contributed by atoms with Gasteiger partial charge in [0.15, 0.2) is 0 Å². The quantitative estimate of drug-likeness (QED) is 0.709. The molecule has 1 aliphatic rings. The van der Waals surface area contributed by atoms with Gasteiger partial charge in [0, 0.05) is 8.07 Å². The Balaban J connectivity index is 2.09. The molecular weight excluding hydrogens is 287 g/mol. The zero-order valence-corrected chi connectivity index (χ0v) is 16.3. The molecule has 0 spiro atoms. The van der Waals surface area contributed by atoms with Gasteiger partial charge in [0.2, 0.25) is 0 Å². The molecule has 0 amide bonds. The van der Waals surface area contributed by atoms with Crippen molar-refractivity contribution in [3.05, 3.63) is 35.9 Å². The lowest BCUT2D eigenvalue weighted by molar-refractivity contribution is 0.00578. The summed E-state index contributed by atoms with van der Waals surface area (Å²) in [6, 6.07) is 10.8. The molecule has 1 aliphatic heterocycles. The average molecular weight is 318 g/mol. The molecule has 0 saturated carbocycles. The smallest absolute Gasteiger partial charge is 0.403 e. The van der Waals surface area contributed by atoms with Gasteiger partial charge in [-0.15, -0.1) is 0 Å². The Morgan fingerprint density at radius 3 is 1.91 bits per heavy atom. The van der Waals surface area contributed by atoms with Crippen LogP contribution in [-0.2, 0) is 15.7 Å². The standard InChI is InChI=1S/C18H31BO2Si/c1-17(2)18(3,4)21-19(20-17)14-16(22(5,6)7)13-15-11-9-8-10-12-15/h8-12,16H,13-14H2,1-7H3. The van der Waals surface area contributed by atoms with Crippen LogP contribution in [0.5, 0.6) is 0 Å². The largest absolute Gasteiger partial charge is 0.457 e. The number of rotatable bonds is 5. The van der Waals surface area contributed by atoms with Crippen LogP contribution < -0.4 is 0 Å². The average Bonchev–Trinajstić information content (AvgIpc) is 2.57. The van der Waals surface area contributed by atoms with Crippen LogP contribution in [-0.4, -0.2) is 26.4 Å². The zero-order valence-electron chi connectivity index (χ0n) is 15.3. The summed E-state index contributed by atoms with van der Waals surface area (Å²) in [4.78, 5) is 0. The molecule has 1 heterocycles. The first-order valence-corrected chi connectivity index (χ1v) is 12.0. The Morgan fingerprint density at radius 1 is 0.955 bits per heavy atom. The van der Waals surface area contributed by atoms with E-state index in [9.17, 15) is 0 Å². The molecule has 1 fully saturated rings. The molecule has 0 bridgehead atoms. The topological polar surface area (TPSA) is 18.5 Å². The van der Waals surface area contributed by atoms with Crippen molar-refractivity contribution in [2.75, 3.05) is 0 Å². The first-order chi connectivity index (χ1) is 10.0. The molecule has 2 rings (SSSR count). The van der Waals surface area contributed by atoms with Crippen LogP contribution in [0.3, 0.4) is 0 Å². The molecule has 1 aromatic rings. The molecule has 0 aromatic heterocycles. The lowest BCUT2D eigenvalue weighted by atomic mass is 9.81. The first kappa shape index (κ1) is 17.8. The molecule has 4 heteroatoms. The van der Waals surface area contributed by atoms with E-state index in [-0.39, 0.29) is 18.3 Å².